The van der Waals surface area contributed by atoms with Crippen molar-refractivity contribution < 1.29 is 10.2 Å². The molecule has 0 aromatic heterocycles. The molecular formula is C16H14O2. The summed E-state index contributed by atoms with van der Waals surface area (Å²) >= 11 is 0. The van der Waals surface area contributed by atoms with E-state index in [1.807, 2.05) is 36.4 Å². The monoisotopic (exact) mass is 238 g/mol. The van der Waals surface area contributed by atoms with Crippen molar-refractivity contribution in [1.82, 2.24) is 0 Å². The number of aliphatic hydroxyl groups is 2. The Morgan fingerprint density at radius 1 is 0.556 bits per heavy atom. The fraction of sp³-hybridized carbons (Fsp3) is 0.125. The van der Waals surface area contributed by atoms with Crippen LogP contribution in [0.1, 0.15) is 11.1 Å². The Kier molecular flexibility index (Phi) is 2.74. The summed E-state index contributed by atoms with van der Waals surface area (Å²) in [6.45, 7) is 0.134. The van der Waals surface area contributed by atoms with Crippen molar-refractivity contribution in [2.45, 2.75) is 13.2 Å². The molecule has 90 valence electrons. The molecule has 0 spiro atoms. The van der Waals surface area contributed by atoms with Crippen LogP contribution in [0.2, 0.25) is 0 Å². The van der Waals surface area contributed by atoms with Gasteiger partial charge in [-0.3, -0.25) is 0 Å². The largest absolute Gasteiger partial charge is 0.392 e. The van der Waals surface area contributed by atoms with Crippen molar-refractivity contribution in [2.75, 3.05) is 0 Å². The summed E-state index contributed by atoms with van der Waals surface area (Å²) in [4.78, 5) is 0. The van der Waals surface area contributed by atoms with Crippen LogP contribution in [0, 0.1) is 0 Å². The lowest BCUT2D eigenvalue weighted by molar-refractivity contribution is 0.282. The molecule has 0 amide bonds. The maximum Gasteiger partial charge on any atom is 0.0682 e. The highest BCUT2D eigenvalue weighted by atomic mass is 16.3. The Morgan fingerprint density at radius 2 is 1.00 bits per heavy atom. The van der Waals surface area contributed by atoms with Crippen LogP contribution in [0.5, 0.6) is 0 Å². The highest BCUT2D eigenvalue weighted by Gasteiger charge is 2.01. The molecule has 0 aliphatic heterocycles. The smallest absolute Gasteiger partial charge is 0.0682 e. The first-order chi connectivity index (χ1) is 8.80. The lowest BCUT2D eigenvalue weighted by Crippen LogP contribution is -1.85. The van der Waals surface area contributed by atoms with E-state index in [2.05, 4.69) is 12.1 Å². The molecule has 0 aliphatic rings. The summed E-state index contributed by atoms with van der Waals surface area (Å²) in [5.41, 5.74) is 1.85. The van der Waals surface area contributed by atoms with E-state index in [1.165, 1.54) is 0 Å². The minimum atomic E-state index is 0.0669. The molecule has 0 saturated heterocycles. The third kappa shape index (κ3) is 1.86. The van der Waals surface area contributed by atoms with E-state index in [0.29, 0.717) is 0 Å². The van der Waals surface area contributed by atoms with Crippen LogP contribution in [0.15, 0.2) is 48.5 Å². The van der Waals surface area contributed by atoms with Gasteiger partial charge in [0.25, 0.3) is 0 Å². The molecule has 0 fully saturated rings. The van der Waals surface area contributed by atoms with Gasteiger partial charge in [-0.05, 0) is 56.9 Å². The Morgan fingerprint density at radius 3 is 1.39 bits per heavy atom. The van der Waals surface area contributed by atoms with Crippen molar-refractivity contribution in [2.24, 2.45) is 0 Å². The van der Waals surface area contributed by atoms with Crippen LogP contribution in [-0.2, 0) is 13.2 Å². The number of benzene rings is 3. The van der Waals surface area contributed by atoms with Crippen molar-refractivity contribution in [1.29, 1.82) is 0 Å². The summed E-state index contributed by atoms with van der Waals surface area (Å²) in [7, 11) is 0. The van der Waals surface area contributed by atoms with Gasteiger partial charge in [-0.2, -0.15) is 0 Å². The van der Waals surface area contributed by atoms with Crippen LogP contribution in [0.4, 0.5) is 0 Å². The Balaban J connectivity index is 2.28. The van der Waals surface area contributed by atoms with Gasteiger partial charge in [0.1, 0.15) is 0 Å². The summed E-state index contributed by atoms with van der Waals surface area (Å²) in [6, 6.07) is 16.2. The highest BCUT2D eigenvalue weighted by Crippen LogP contribution is 2.24. The maximum atomic E-state index is 9.15. The van der Waals surface area contributed by atoms with Crippen LogP contribution in [-0.4, -0.2) is 10.2 Å². The SMILES string of the molecule is OCc1ccc2cc3cc(CO)ccc3cc2c1. The van der Waals surface area contributed by atoms with E-state index in [-0.39, 0.29) is 13.2 Å². The number of hydrogen-bond donors (Lipinski definition) is 2. The normalized spacial score (nSPS) is 11.2. The third-order valence-corrected chi connectivity index (χ3v) is 3.29. The number of fused-ring (bicyclic) bond motifs is 2. The topological polar surface area (TPSA) is 40.5 Å². The van der Waals surface area contributed by atoms with E-state index in [4.69, 9.17) is 10.2 Å². The molecule has 2 heteroatoms. The second-order valence-corrected chi connectivity index (χ2v) is 4.53. The molecule has 2 nitrogen and oxygen atoms in total. The molecule has 3 rings (SSSR count). The standard InChI is InChI=1S/C16H14O2/c17-9-11-1-3-13-7-16-6-12(10-18)2-4-14(16)8-15(13)5-11/h1-8,17-18H,9-10H2. The van der Waals surface area contributed by atoms with Gasteiger partial charge in [0.05, 0.1) is 13.2 Å². The van der Waals surface area contributed by atoms with Crippen LogP contribution < -0.4 is 0 Å². The van der Waals surface area contributed by atoms with Gasteiger partial charge < -0.3 is 10.2 Å². The predicted molar refractivity (Wildman–Crippen MR) is 73.3 cm³/mol. The molecule has 0 bridgehead atoms. The van der Waals surface area contributed by atoms with Gasteiger partial charge in [-0.15, -0.1) is 0 Å². The first-order valence-corrected chi connectivity index (χ1v) is 5.97. The highest BCUT2D eigenvalue weighted by molar-refractivity contribution is 5.98. The molecule has 0 atom stereocenters. The van der Waals surface area contributed by atoms with Crippen molar-refractivity contribution in [3.05, 3.63) is 59.7 Å². The molecule has 3 aromatic rings. The molecule has 0 heterocycles. The maximum absolute atomic E-state index is 9.15. The van der Waals surface area contributed by atoms with E-state index < -0.39 is 0 Å². The average molecular weight is 238 g/mol. The lowest BCUT2D eigenvalue weighted by atomic mass is 10.0. The Hall–Kier alpha value is -1.90. The predicted octanol–water partition coefficient (Wildman–Crippen LogP) is 2.98. The van der Waals surface area contributed by atoms with E-state index in [1.54, 1.807) is 0 Å². The summed E-state index contributed by atoms with van der Waals surface area (Å²) in [5.74, 6) is 0. The quantitative estimate of drug-likeness (QED) is 0.674. The van der Waals surface area contributed by atoms with Gasteiger partial charge in [0, 0.05) is 0 Å². The van der Waals surface area contributed by atoms with Gasteiger partial charge in [0.2, 0.25) is 0 Å². The molecular weight excluding hydrogens is 224 g/mol. The number of aliphatic hydroxyl groups excluding tert-OH is 2. The van der Waals surface area contributed by atoms with Crippen LogP contribution >= 0.6 is 0 Å². The van der Waals surface area contributed by atoms with Crippen molar-refractivity contribution in [3.8, 4) is 0 Å². The zero-order valence-electron chi connectivity index (χ0n) is 9.93. The first-order valence-electron chi connectivity index (χ1n) is 5.97. The van der Waals surface area contributed by atoms with Gasteiger partial charge in [-0.25, -0.2) is 0 Å². The first kappa shape index (κ1) is 11.2. The van der Waals surface area contributed by atoms with Crippen molar-refractivity contribution in [3.63, 3.8) is 0 Å². The molecule has 18 heavy (non-hydrogen) atoms. The van der Waals surface area contributed by atoms with E-state index >= 15 is 0 Å². The third-order valence-electron chi connectivity index (χ3n) is 3.29. The molecule has 0 saturated carbocycles. The minimum Gasteiger partial charge on any atom is -0.392 e. The zero-order valence-corrected chi connectivity index (χ0v) is 9.93. The molecule has 0 aliphatic carbocycles. The zero-order chi connectivity index (χ0) is 12.5. The van der Waals surface area contributed by atoms with E-state index in [0.717, 1.165) is 32.7 Å². The van der Waals surface area contributed by atoms with Gasteiger partial charge >= 0.3 is 0 Å². The lowest BCUT2D eigenvalue weighted by Gasteiger charge is -2.05. The van der Waals surface area contributed by atoms with E-state index in [9.17, 15) is 0 Å². The second kappa shape index (κ2) is 4.41. The Labute approximate surface area is 105 Å². The minimum absolute atomic E-state index is 0.0669. The second-order valence-electron chi connectivity index (χ2n) is 4.53. The summed E-state index contributed by atoms with van der Waals surface area (Å²) < 4.78 is 0. The van der Waals surface area contributed by atoms with Crippen molar-refractivity contribution >= 4 is 21.5 Å². The summed E-state index contributed by atoms with van der Waals surface area (Å²) in [6.07, 6.45) is 0. The summed E-state index contributed by atoms with van der Waals surface area (Å²) in [5, 5.41) is 22.9. The average Bonchev–Trinajstić information content (AvgIpc) is 2.43. The van der Waals surface area contributed by atoms with Gasteiger partial charge in [0.15, 0.2) is 0 Å². The molecule has 3 aromatic carbocycles. The molecule has 0 unspecified atom stereocenters. The Bertz CT molecular complexity index is 653. The fourth-order valence-corrected chi connectivity index (χ4v) is 2.29. The number of hydrogen-bond acceptors (Lipinski definition) is 2. The van der Waals surface area contributed by atoms with Crippen LogP contribution in [0.25, 0.3) is 21.5 Å². The van der Waals surface area contributed by atoms with Crippen LogP contribution in [0.3, 0.4) is 0 Å². The van der Waals surface area contributed by atoms with Gasteiger partial charge in [-0.1, -0.05) is 24.3 Å². The molecule has 0 radical (unpaired) electrons. The number of rotatable bonds is 2. The fourth-order valence-electron chi connectivity index (χ4n) is 2.29. The molecule has 2 N–H and O–H groups in total.